The summed E-state index contributed by atoms with van der Waals surface area (Å²) in [5.74, 6) is 0.886. The molecule has 0 fully saturated rings. The van der Waals surface area contributed by atoms with Crippen molar-refractivity contribution < 1.29 is 0 Å². The molecule has 4 aromatic rings. The Morgan fingerprint density at radius 2 is 1.69 bits per heavy atom. The van der Waals surface area contributed by atoms with Gasteiger partial charge < -0.3 is 15.6 Å². The van der Waals surface area contributed by atoms with Crippen molar-refractivity contribution in [3.05, 3.63) is 71.8 Å². The van der Waals surface area contributed by atoms with E-state index in [1.165, 1.54) is 16.7 Å². The second-order valence-corrected chi connectivity index (χ2v) is 7.02. The minimum atomic E-state index is -0.0779. The van der Waals surface area contributed by atoms with Gasteiger partial charge in [-0.15, -0.1) is 0 Å². The second kappa shape index (κ2) is 5.44. The molecule has 1 atom stereocenters. The normalized spacial score (nSPS) is 15.1. The Hall–Kier alpha value is -3.11. The average Bonchev–Trinajstić information content (AvgIpc) is 3.21. The van der Waals surface area contributed by atoms with E-state index in [1.54, 1.807) is 0 Å². The lowest BCUT2D eigenvalue weighted by molar-refractivity contribution is 0.901. The molecule has 4 nitrogen and oxygen atoms in total. The number of aromatic amines is 1. The zero-order valence-electron chi connectivity index (χ0n) is 14.8. The van der Waals surface area contributed by atoms with Crippen LogP contribution in [0.4, 0.5) is 5.69 Å². The first-order valence-corrected chi connectivity index (χ1v) is 8.79. The number of H-pyrrole nitrogens is 1. The Morgan fingerprint density at radius 1 is 0.923 bits per heavy atom. The number of aromatic nitrogens is 2. The Labute approximate surface area is 152 Å². The van der Waals surface area contributed by atoms with E-state index in [1.807, 2.05) is 20.2 Å². The van der Waals surface area contributed by atoms with Crippen LogP contribution in [-0.4, -0.2) is 24.1 Å². The maximum Gasteiger partial charge on any atom is 0.139 e. The van der Waals surface area contributed by atoms with Gasteiger partial charge in [0.2, 0.25) is 0 Å². The van der Waals surface area contributed by atoms with Crippen molar-refractivity contribution in [3.63, 3.8) is 0 Å². The molecule has 128 valence electrons. The van der Waals surface area contributed by atoms with Crippen molar-refractivity contribution in [2.75, 3.05) is 19.0 Å². The minimum absolute atomic E-state index is 0.0779. The zero-order valence-corrected chi connectivity index (χ0v) is 14.8. The molecule has 5 rings (SSSR count). The number of hydrogen-bond donors (Lipinski definition) is 2. The van der Waals surface area contributed by atoms with Gasteiger partial charge in [0.05, 0.1) is 17.1 Å². The maximum atomic E-state index is 6.50. The van der Waals surface area contributed by atoms with E-state index in [0.29, 0.717) is 0 Å². The van der Waals surface area contributed by atoms with Gasteiger partial charge in [0.1, 0.15) is 5.82 Å². The molecule has 0 saturated carbocycles. The molecule has 26 heavy (non-hydrogen) atoms. The molecule has 0 bridgehead atoms. The zero-order chi connectivity index (χ0) is 17.8. The van der Waals surface area contributed by atoms with Gasteiger partial charge in [-0.2, -0.15) is 0 Å². The molecule has 1 aliphatic carbocycles. The first-order chi connectivity index (χ1) is 12.6. The molecular weight excluding hydrogens is 320 g/mol. The van der Waals surface area contributed by atoms with Crippen molar-refractivity contribution in [1.29, 1.82) is 0 Å². The summed E-state index contributed by atoms with van der Waals surface area (Å²) in [6, 6.07) is 20.9. The highest BCUT2D eigenvalue weighted by atomic mass is 15.1. The van der Waals surface area contributed by atoms with E-state index < -0.39 is 0 Å². The number of rotatable bonds is 2. The van der Waals surface area contributed by atoms with Crippen molar-refractivity contribution in [1.82, 2.24) is 9.97 Å². The molecule has 1 aliphatic rings. The van der Waals surface area contributed by atoms with Crippen molar-refractivity contribution in [2.24, 2.45) is 5.73 Å². The summed E-state index contributed by atoms with van der Waals surface area (Å²) < 4.78 is 0. The number of imidazole rings is 1. The monoisotopic (exact) mass is 340 g/mol. The van der Waals surface area contributed by atoms with Gasteiger partial charge in [0, 0.05) is 25.3 Å². The third kappa shape index (κ3) is 2.09. The Morgan fingerprint density at radius 3 is 2.54 bits per heavy atom. The van der Waals surface area contributed by atoms with Crippen molar-refractivity contribution in [3.8, 4) is 22.5 Å². The highest BCUT2D eigenvalue weighted by molar-refractivity contribution is 5.92. The fraction of sp³-hybridized carbons (Fsp3) is 0.136. The average molecular weight is 340 g/mol. The fourth-order valence-electron chi connectivity index (χ4n) is 3.89. The van der Waals surface area contributed by atoms with Gasteiger partial charge in [0.25, 0.3) is 0 Å². The van der Waals surface area contributed by atoms with Crippen LogP contribution in [0.3, 0.4) is 0 Å². The number of nitrogens with two attached hydrogens (primary N) is 1. The first-order valence-electron chi connectivity index (χ1n) is 8.79. The van der Waals surface area contributed by atoms with Gasteiger partial charge in [-0.3, -0.25) is 0 Å². The number of hydrogen-bond acceptors (Lipinski definition) is 3. The van der Waals surface area contributed by atoms with E-state index >= 15 is 0 Å². The molecule has 1 aromatic heterocycles. The summed E-state index contributed by atoms with van der Waals surface area (Å²) in [4.78, 5) is 10.4. The van der Waals surface area contributed by atoms with Gasteiger partial charge in [0.15, 0.2) is 0 Å². The lowest BCUT2D eigenvalue weighted by Crippen LogP contribution is -2.07. The number of benzene rings is 3. The SMILES string of the molecule is CN(C)c1ccc2nc(-c3cccc4c3-c3ccccc3C4N)[nH]c2c1. The predicted octanol–water partition coefficient (Wildman–Crippen LogP) is 4.32. The van der Waals surface area contributed by atoms with E-state index in [4.69, 9.17) is 10.7 Å². The van der Waals surface area contributed by atoms with Gasteiger partial charge in [-0.05, 0) is 40.5 Å². The van der Waals surface area contributed by atoms with Gasteiger partial charge in [-0.25, -0.2) is 4.98 Å². The summed E-state index contributed by atoms with van der Waals surface area (Å²) in [6.07, 6.45) is 0. The largest absolute Gasteiger partial charge is 0.378 e. The summed E-state index contributed by atoms with van der Waals surface area (Å²) in [6.45, 7) is 0. The van der Waals surface area contributed by atoms with Crippen LogP contribution in [0.25, 0.3) is 33.5 Å². The molecule has 0 saturated heterocycles. The van der Waals surface area contributed by atoms with Crippen LogP contribution in [0.15, 0.2) is 60.7 Å². The Bertz CT molecular complexity index is 1140. The fourth-order valence-corrected chi connectivity index (χ4v) is 3.89. The second-order valence-electron chi connectivity index (χ2n) is 7.02. The topological polar surface area (TPSA) is 57.9 Å². The van der Waals surface area contributed by atoms with Crippen LogP contribution in [0.2, 0.25) is 0 Å². The third-order valence-electron chi connectivity index (χ3n) is 5.23. The van der Waals surface area contributed by atoms with E-state index in [-0.39, 0.29) is 6.04 Å². The summed E-state index contributed by atoms with van der Waals surface area (Å²) in [5.41, 5.74) is 15.5. The third-order valence-corrected chi connectivity index (χ3v) is 5.23. The highest BCUT2D eigenvalue weighted by Gasteiger charge is 2.28. The van der Waals surface area contributed by atoms with Crippen LogP contribution in [0.1, 0.15) is 17.2 Å². The summed E-state index contributed by atoms with van der Waals surface area (Å²) in [7, 11) is 4.09. The standard InChI is InChI=1S/C22H20N4/c1-26(2)13-10-11-18-19(12-13)25-22(24-18)17-9-5-8-16-20(17)14-6-3-4-7-15(14)21(16)23/h3-12,21H,23H2,1-2H3,(H,24,25). The molecule has 3 aromatic carbocycles. The highest BCUT2D eigenvalue weighted by Crippen LogP contribution is 2.46. The lowest BCUT2D eigenvalue weighted by Gasteiger charge is -2.11. The first kappa shape index (κ1) is 15.2. The van der Waals surface area contributed by atoms with Crippen molar-refractivity contribution >= 4 is 16.7 Å². The maximum absolute atomic E-state index is 6.50. The van der Waals surface area contributed by atoms with Crippen molar-refractivity contribution in [2.45, 2.75) is 6.04 Å². The molecule has 1 heterocycles. The van der Waals surface area contributed by atoms with Crippen LogP contribution >= 0.6 is 0 Å². The molecule has 1 unspecified atom stereocenters. The molecule has 0 aliphatic heterocycles. The number of nitrogens with zero attached hydrogens (tertiary/aromatic N) is 2. The molecule has 4 heteroatoms. The molecule has 0 amide bonds. The molecule has 3 N–H and O–H groups in total. The quantitative estimate of drug-likeness (QED) is 0.571. The van der Waals surface area contributed by atoms with E-state index in [0.717, 1.165) is 33.7 Å². The van der Waals surface area contributed by atoms with E-state index in [2.05, 4.69) is 64.5 Å². The molecule has 0 spiro atoms. The smallest absolute Gasteiger partial charge is 0.139 e. The molecule has 0 radical (unpaired) electrons. The van der Waals surface area contributed by atoms with Crippen LogP contribution in [0.5, 0.6) is 0 Å². The number of anilines is 1. The lowest BCUT2D eigenvalue weighted by atomic mass is 9.99. The van der Waals surface area contributed by atoms with Gasteiger partial charge in [-0.1, -0.05) is 42.5 Å². The molecular formula is C22H20N4. The Kier molecular flexibility index (Phi) is 3.18. The predicted molar refractivity (Wildman–Crippen MR) is 107 cm³/mol. The van der Waals surface area contributed by atoms with Crippen LogP contribution < -0.4 is 10.6 Å². The van der Waals surface area contributed by atoms with Crippen LogP contribution in [-0.2, 0) is 0 Å². The number of fused-ring (bicyclic) bond motifs is 4. The summed E-state index contributed by atoms with van der Waals surface area (Å²) >= 11 is 0. The van der Waals surface area contributed by atoms with Crippen LogP contribution in [0, 0.1) is 0 Å². The number of nitrogens with one attached hydrogen (secondary N) is 1. The van der Waals surface area contributed by atoms with E-state index in [9.17, 15) is 0 Å². The summed E-state index contributed by atoms with van der Waals surface area (Å²) in [5, 5.41) is 0. The van der Waals surface area contributed by atoms with Gasteiger partial charge >= 0.3 is 0 Å². The minimum Gasteiger partial charge on any atom is -0.378 e. The Balaban J connectivity index is 1.73.